The highest BCUT2D eigenvalue weighted by molar-refractivity contribution is 5.96. The molecule has 0 radical (unpaired) electrons. The van der Waals surface area contributed by atoms with Crippen LogP contribution in [0.5, 0.6) is 0 Å². The molecule has 0 aliphatic carbocycles. The maximum atomic E-state index is 13.0. The molecule has 29 heavy (non-hydrogen) atoms. The maximum Gasteiger partial charge on any atom is 0.328 e. The maximum absolute atomic E-state index is 13.0. The monoisotopic (exact) mass is 385 g/mol. The van der Waals surface area contributed by atoms with Gasteiger partial charge in [-0.3, -0.25) is 9.78 Å². The second kappa shape index (κ2) is 9.11. The van der Waals surface area contributed by atoms with Crippen LogP contribution < -0.4 is 0 Å². The summed E-state index contributed by atoms with van der Waals surface area (Å²) in [6.45, 7) is 3.92. The first-order valence-electron chi connectivity index (χ1n) is 9.46. The Morgan fingerprint density at radius 1 is 1.03 bits per heavy atom. The molecule has 0 saturated carbocycles. The van der Waals surface area contributed by atoms with E-state index in [0.29, 0.717) is 12.0 Å². The fourth-order valence-corrected chi connectivity index (χ4v) is 3.41. The third-order valence-corrected chi connectivity index (χ3v) is 4.93. The van der Waals surface area contributed by atoms with Crippen LogP contribution in [-0.2, 0) is 4.79 Å². The van der Waals surface area contributed by atoms with Gasteiger partial charge in [-0.15, -0.1) is 0 Å². The number of carbonyl (C=O) groups excluding carboxylic acids is 1. The fraction of sp³-hybridized carbons (Fsp3) is 0.160. The second-order valence-corrected chi connectivity index (χ2v) is 7.06. The van der Waals surface area contributed by atoms with Gasteiger partial charge in [-0.1, -0.05) is 48.5 Å². The third kappa shape index (κ3) is 5.26. The van der Waals surface area contributed by atoms with E-state index in [1.165, 1.54) is 0 Å². The SMILES string of the molecule is Cc1cc(C(=O)CC(c2ccc(/C=C/C(=O)O)cc2)c2ccccc2C)ccn1. The number of aryl methyl sites for hydroxylation is 2. The minimum absolute atomic E-state index is 0.0682. The number of ketones is 1. The summed E-state index contributed by atoms with van der Waals surface area (Å²) in [5, 5.41) is 8.79. The second-order valence-electron chi connectivity index (χ2n) is 7.06. The van der Waals surface area contributed by atoms with Gasteiger partial charge in [0.25, 0.3) is 0 Å². The predicted molar refractivity (Wildman–Crippen MR) is 114 cm³/mol. The van der Waals surface area contributed by atoms with Crippen LogP contribution in [0.2, 0.25) is 0 Å². The van der Waals surface area contributed by atoms with E-state index in [1.54, 1.807) is 18.3 Å². The molecule has 0 amide bonds. The van der Waals surface area contributed by atoms with E-state index in [2.05, 4.69) is 11.1 Å². The van der Waals surface area contributed by atoms with Crippen molar-refractivity contribution in [2.24, 2.45) is 0 Å². The van der Waals surface area contributed by atoms with Crippen molar-refractivity contribution < 1.29 is 14.7 Å². The lowest BCUT2D eigenvalue weighted by Crippen LogP contribution is -2.11. The number of carboxylic acid groups (broad SMARTS) is 1. The number of pyridine rings is 1. The van der Waals surface area contributed by atoms with Crippen LogP contribution in [0, 0.1) is 13.8 Å². The zero-order valence-electron chi connectivity index (χ0n) is 16.5. The molecule has 3 aromatic rings. The van der Waals surface area contributed by atoms with Gasteiger partial charge in [0.1, 0.15) is 0 Å². The Labute approximate surface area is 170 Å². The normalized spacial score (nSPS) is 12.1. The number of hydrogen-bond acceptors (Lipinski definition) is 3. The van der Waals surface area contributed by atoms with Crippen molar-refractivity contribution in [3.8, 4) is 0 Å². The highest BCUT2D eigenvalue weighted by Gasteiger charge is 2.21. The Hall–Kier alpha value is -3.53. The summed E-state index contributed by atoms with van der Waals surface area (Å²) in [4.78, 5) is 27.9. The van der Waals surface area contributed by atoms with Gasteiger partial charge in [-0.05, 0) is 54.3 Å². The number of Topliss-reactive ketones (excluding diaryl/α,β-unsaturated/α-hetero) is 1. The van der Waals surface area contributed by atoms with Gasteiger partial charge in [-0.2, -0.15) is 0 Å². The van der Waals surface area contributed by atoms with Gasteiger partial charge in [-0.25, -0.2) is 4.79 Å². The molecular weight excluding hydrogens is 362 g/mol. The molecule has 0 saturated heterocycles. The average molecular weight is 385 g/mol. The quantitative estimate of drug-likeness (QED) is 0.448. The van der Waals surface area contributed by atoms with Gasteiger partial charge >= 0.3 is 5.97 Å². The fourth-order valence-electron chi connectivity index (χ4n) is 3.41. The summed E-state index contributed by atoms with van der Waals surface area (Å²) in [6, 6.07) is 19.3. The van der Waals surface area contributed by atoms with Crippen molar-refractivity contribution in [1.82, 2.24) is 4.98 Å². The molecule has 0 spiro atoms. The highest BCUT2D eigenvalue weighted by atomic mass is 16.4. The number of benzene rings is 2. The van der Waals surface area contributed by atoms with Gasteiger partial charge in [0, 0.05) is 35.9 Å². The molecule has 0 aliphatic rings. The summed E-state index contributed by atoms with van der Waals surface area (Å²) in [5.74, 6) is -1.00. The van der Waals surface area contributed by atoms with E-state index >= 15 is 0 Å². The summed E-state index contributed by atoms with van der Waals surface area (Å²) < 4.78 is 0. The lowest BCUT2D eigenvalue weighted by molar-refractivity contribution is -0.131. The molecule has 3 rings (SSSR count). The van der Waals surface area contributed by atoms with Gasteiger partial charge in [0.15, 0.2) is 5.78 Å². The summed E-state index contributed by atoms with van der Waals surface area (Å²) >= 11 is 0. The molecule has 0 bridgehead atoms. The Balaban J connectivity index is 1.95. The molecule has 1 aromatic heterocycles. The molecule has 2 aromatic carbocycles. The van der Waals surface area contributed by atoms with Crippen LogP contribution in [-0.4, -0.2) is 21.8 Å². The average Bonchev–Trinajstić information content (AvgIpc) is 2.71. The van der Waals surface area contributed by atoms with Crippen molar-refractivity contribution in [2.75, 3.05) is 0 Å². The molecule has 1 N–H and O–H groups in total. The van der Waals surface area contributed by atoms with Gasteiger partial charge < -0.3 is 5.11 Å². The molecule has 146 valence electrons. The van der Waals surface area contributed by atoms with E-state index in [0.717, 1.165) is 34.0 Å². The largest absolute Gasteiger partial charge is 0.478 e. The highest BCUT2D eigenvalue weighted by Crippen LogP contribution is 2.32. The topological polar surface area (TPSA) is 67.3 Å². The van der Waals surface area contributed by atoms with Crippen LogP contribution >= 0.6 is 0 Å². The van der Waals surface area contributed by atoms with E-state index in [1.807, 2.05) is 62.4 Å². The van der Waals surface area contributed by atoms with Gasteiger partial charge in [0.05, 0.1) is 0 Å². The first-order chi connectivity index (χ1) is 13.9. The number of hydrogen-bond donors (Lipinski definition) is 1. The standard InChI is InChI=1S/C25H23NO3/c1-17-5-3-4-6-22(17)23(16-24(27)21-13-14-26-18(2)15-21)20-10-7-19(8-11-20)9-12-25(28)29/h3-15,23H,16H2,1-2H3,(H,28,29)/b12-9+. The molecule has 4 heteroatoms. The zero-order chi connectivity index (χ0) is 20.8. The van der Waals surface area contributed by atoms with Crippen LogP contribution in [0.25, 0.3) is 6.08 Å². The molecule has 1 unspecified atom stereocenters. The Bertz CT molecular complexity index is 1050. The first kappa shape index (κ1) is 20.2. The molecule has 0 aliphatic heterocycles. The van der Waals surface area contributed by atoms with Crippen molar-refractivity contribution in [3.63, 3.8) is 0 Å². The number of carbonyl (C=O) groups is 2. The Morgan fingerprint density at radius 3 is 2.41 bits per heavy atom. The number of carboxylic acids is 1. The van der Waals surface area contributed by atoms with Crippen LogP contribution in [0.15, 0.2) is 72.9 Å². The van der Waals surface area contributed by atoms with E-state index in [4.69, 9.17) is 5.11 Å². The number of nitrogens with zero attached hydrogens (tertiary/aromatic N) is 1. The lowest BCUT2D eigenvalue weighted by atomic mass is 9.83. The molecular formula is C25H23NO3. The van der Waals surface area contributed by atoms with E-state index < -0.39 is 5.97 Å². The lowest BCUT2D eigenvalue weighted by Gasteiger charge is -2.20. The number of rotatable bonds is 7. The van der Waals surface area contributed by atoms with Crippen molar-refractivity contribution >= 4 is 17.8 Å². The number of aromatic nitrogens is 1. The smallest absolute Gasteiger partial charge is 0.328 e. The van der Waals surface area contributed by atoms with Crippen LogP contribution in [0.4, 0.5) is 0 Å². The number of aliphatic carboxylic acids is 1. The van der Waals surface area contributed by atoms with Crippen molar-refractivity contribution in [2.45, 2.75) is 26.2 Å². The molecule has 1 heterocycles. The van der Waals surface area contributed by atoms with Gasteiger partial charge in [0.2, 0.25) is 0 Å². The summed E-state index contributed by atoms with van der Waals surface area (Å²) in [5.41, 5.74) is 5.54. The van der Waals surface area contributed by atoms with Crippen molar-refractivity contribution in [3.05, 3.63) is 106 Å². The Morgan fingerprint density at radius 2 is 1.76 bits per heavy atom. The zero-order valence-corrected chi connectivity index (χ0v) is 16.5. The van der Waals surface area contributed by atoms with Crippen LogP contribution in [0.3, 0.4) is 0 Å². The summed E-state index contributed by atoms with van der Waals surface area (Å²) in [6.07, 6.45) is 4.68. The first-order valence-corrected chi connectivity index (χ1v) is 9.46. The third-order valence-electron chi connectivity index (χ3n) is 4.93. The molecule has 0 fully saturated rings. The minimum Gasteiger partial charge on any atom is -0.478 e. The van der Waals surface area contributed by atoms with Crippen molar-refractivity contribution in [1.29, 1.82) is 0 Å². The summed E-state index contributed by atoms with van der Waals surface area (Å²) in [7, 11) is 0. The minimum atomic E-state index is -0.981. The molecule has 1 atom stereocenters. The van der Waals surface area contributed by atoms with E-state index in [9.17, 15) is 9.59 Å². The van der Waals surface area contributed by atoms with Crippen LogP contribution in [0.1, 0.15) is 50.6 Å². The Kier molecular flexibility index (Phi) is 6.35. The molecule has 4 nitrogen and oxygen atoms in total. The predicted octanol–water partition coefficient (Wildman–Crippen LogP) is 5.20. The van der Waals surface area contributed by atoms with E-state index in [-0.39, 0.29) is 11.7 Å².